The molecule has 0 saturated carbocycles. The van der Waals surface area contributed by atoms with Crippen LogP contribution < -0.4 is 9.64 Å². The lowest BCUT2D eigenvalue weighted by Gasteiger charge is -2.14. The number of methoxy groups -OCH3 is 1. The summed E-state index contributed by atoms with van der Waals surface area (Å²) in [5, 5.41) is 0. The molecule has 0 aliphatic carbocycles. The van der Waals surface area contributed by atoms with Crippen molar-refractivity contribution in [2.45, 2.75) is 0 Å². The molecule has 0 aliphatic rings. The second-order valence-electron chi connectivity index (χ2n) is 4.89. The Morgan fingerprint density at radius 2 is 1.48 bits per heavy atom. The van der Waals surface area contributed by atoms with E-state index < -0.39 is 0 Å². The zero-order chi connectivity index (χ0) is 15.2. The molecule has 0 bridgehead atoms. The number of anilines is 1. The van der Waals surface area contributed by atoms with Crippen LogP contribution in [0.25, 0.3) is 5.57 Å². The molecule has 0 heterocycles. The monoisotopic (exact) mass is 281 g/mol. The maximum atomic E-state index is 11.0. The summed E-state index contributed by atoms with van der Waals surface area (Å²) in [6.07, 6.45) is 2.41. The van der Waals surface area contributed by atoms with E-state index in [2.05, 4.69) is 0 Å². The number of nitrogens with zero attached hydrogens (tertiary/aromatic N) is 1. The van der Waals surface area contributed by atoms with Gasteiger partial charge in [0.15, 0.2) is 0 Å². The highest BCUT2D eigenvalue weighted by Gasteiger charge is 2.06. The second kappa shape index (κ2) is 6.75. The summed E-state index contributed by atoms with van der Waals surface area (Å²) in [6, 6.07) is 15.8. The fraction of sp³-hybridized carbons (Fsp3) is 0.167. The molecule has 3 nitrogen and oxygen atoms in total. The molecule has 108 valence electrons. The minimum atomic E-state index is 0.798. The third-order valence-corrected chi connectivity index (χ3v) is 3.33. The Kier molecular flexibility index (Phi) is 4.77. The van der Waals surface area contributed by atoms with Gasteiger partial charge in [0, 0.05) is 19.8 Å². The Bertz CT molecular complexity index is 625. The van der Waals surface area contributed by atoms with Crippen molar-refractivity contribution in [1.29, 1.82) is 0 Å². The summed E-state index contributed by atoms with van der Waals surface area (Å²) >= 11 is 0. The molecular formula is C18H19NO2. The van der Waals surface area contributed by atoms with Crippen molar-refractivity contribution in [3.8, 4) is 5.75 Å². The Morgan fingerprint density at radius 1 is 0.952 bits per heavy atom. The molecule has 0 spiro atoms. The molecule has 2 aromatic carbocycles. The van der Waals surface area contributed by atoms with E-state index in [1.54, 1.807) is 13.2 Å². The molecule has 0 N–H and O–H groups in total. The number of benzene rings is 2. The molecule has 0 radical (unpaired) electrons. The number of ether oxygens (including phenoxy) is 1. The van der Waals surface area contributed by atoms with Crippen LogP contribution in [0.4, 0.5) is 5.69 Å². The van der Waals surface area contributed by atoms with Gasteiger partial charge in [-0.25, -0.2) is 0 Å². The lowest BCUT2D eigenvalue weighted by atomic mass is 9.97. The molecule has 0 atom stereocenters. The fourth-order valence-electron chi connectivity index (χ4n) is 2.14. The van der Waals surface area contributed by atoms with E-state index in [0.717, 1.165) is 34.4 Å². The van der Waals surface area contributed by atoms with Crippen LogP contribution in [0.15, 0.2) is 54.6 Å². The van der Waals surface area contributed by atoms with Gasteiger partial charge in [-0.3, -0.25) is 4.79 Å². The molecule has 3 heteroatoms. The molecule has 0 fully saturated rings. The number of rotatable bonds is 5. The molecule has 21 heavy (non-hydrogen) atoms. The van der Waals surface area contributed by atoms with E-state index in [0.29, 0.717) is 0 Å². The van der Waals surface area contributed by atoms with Crippen molar-refractivity contribution in [2.75, 3.05) is 26.1 Å². The topological polar surface area (TPSA) is 29.5 Å². The molecule has 0 saturated heterocycles. The van der Waals surface area contributed by atoms with Gasteiger partial charge in [-0.15, -0.1) is 0 Å². The van der Waals surface area contributed by atoms with Crippen molar-refractivity contribution in [3.05, 3.63) is 65.7 Å². The molecule has 0 unspecified atom stereocenters. The van der Waals surface area contributed by atoms with Crippen molar-refractivity contribution in [3.63, 3.8) is 0 Å². The number of carbonyl (C=O) groups excluding carboxylic acids is 1. The largest absolute Gasteiger partial charge is 0.497 e. The zero-order valence-electron chi connectivity index (χ0n) is 12.5. The van der Waals surface area contributed by atoms with Gasteiger partial charge in [0.05, 0.1) is 7.11 Å². The van der Waals surface area contributed by atoms with Gasteiger partial charge in [-0.05, 0) is 47.0 Å². The highest BCUT2D eigenvalue weighted by atomic mass is 16.5. The van der Waals surface area contributed by atoms with Gasteiger partial charge in [-0.1, -0.05) is 24.3 Å². The molecule has 0 aliphatic heterocycles. The molecule has 0 aromatic heterocycles. The first-order valence-corrected chi connectivity index (χ1v) is 6.73. The van der Waals surface area contributed by atoms with Crippen molar-refractivity contribution in [2.24, 2.45) is 0 Å². The smallest absolute Gasteiger partial charge is 0.143 e. The molecule has 2 rings (SSSR count). The minimum absolute atomic E-state index is 0.798. The van der Waals surface area contributed by atoms with Crippen molar-refractivity contribution < 1.29 is 9.53 Å². The Hall–Kier alpha value is -2.55. The quantitative estimate of drug-likeness (QED) is 0.621. The van der Waals surface area contributed by atoms with Crippen LogP contribution in [0.3, 0.4) is 0 Å². The van der Waals surface area contributed by atoms with Crippen molar-refractivity contribution in [1.82, 2.24) is 0 Å². The van der Waals surface area contributed by atoms with Crippen LogP contribution >= 0.6 is 0 Å². The number of hydrogen-bond acceptors (Lipinski definition) is 3. The third kappa shape index (κ3) is 3.51. The first-order chi connectivity index (χ1) is 10.2. The van der Waals surface area contributed by atoms with E-state index in [4.69, 9.17) is 4.74 Å². The number of allylic oxidation sites excluding steroid dienone is 1. The van der Waals surface area contributed by atoms with Crippen LogP contribution in [-0.2, 0) is 4.79 Å². The molecule has 0 amide bonds. The summed E-state index contributed by atoms with van der Waals surface area (Å²) in [6.45, 7) is 0. The van der Waals surface area contributed by atoms with Gasteiger partial charge in [0.1, 0.15) is 12.0 Å². The maximum Gasteiger partial charge on any atom is 0.143 e. The molecule has 2 aromatic rings. The normalized spacial score (nSPS) is 11.1. The van der Waals surface area contributed by atoms with E-state index >= 15 is 0 Å². The SMILES string of the molecule is COc1ccc(C(=CC=O)c2ccc(N(C)C)cc2)cc1. The first-order valence-electron chi connectivity index (χ1n) is 6.73. The van der Waals surface area contributed by atoms with E-state index in [9.17, 15) is 4.79 Å². The number of carbonyl (C=O) groups is 1. The lowest BCUT2D eigenvalue weighted by molar-refractivity contribution is -0.104. The lowest BCUT2D eigenvalue weighted by Crippen LogP contribution is -2.08. The fourth-order valence-corrected chi connectivity index (χ4v) is 2.14. The van der Waals surface area contributed by atoms with E-state index in [1.165, 1.54) is 0 Å². The maximum absolute atomic E-state index is 11.0. The van der Waals surface area contributed by atoms with Crippen LogP contribution in [0.1, 0.15) is 11.1 Å². The Balaban J connectivity index is 2.38. The van der Waals surface area contributed by atoms with E-state index in [1.807, 2.05) is 67.5 Å². The standard InChI is InChI=1S/C18H19NO2/c1-19(2)16-8-4-14(5-9-16)18(12-13-20)15-6-10-17(21-3)11-7-15/h4-13H,1-3H3. The highest BCUT2D eigenvalue weighted by Crippen LogP contribution is 2.26. The highest BCUT2D eigenvalue weighted by molar-refractivity contribution is 5.90. The second-order valence-corrected chi connectivity index (χ2v) is 4.89. The third-order valence-electron chi connectivity index (χ3n) is 3.33. The first kappa shape index (κ1) is 14.9. The Labute approximate surface area is 125 Å². The molecular weight excluding hydrogens is 262 g/mol. The van der Waals surface area contributed by atoms with Gasteiger partial charge in [0.2, 0.25) is 0 Å². The summed E-state index contributed by atoms with van der Waals surface area (Å²) < 4.78 is 5.16. The average molecular weight is 281 g/mol. The van der Waals surface area contributed by atoms with Gasteiger partial charge < -0.3 is 9.64 Å². The predicted molar refractivity (Wildman–Crippen MR) is 86.9 cm³/mol. The summed E-state index contributed by atoms with van der Waals surface area (Å²) in [5.74, 6) is 0.798. The van der Waals surface area contributed by atoms with Crippen molar-refractivity contribution >= 4 is 17.5 Å². The number of aldehydes is 1. The van der Waals surface area contributed by atoms with Crippen LogP contribution in [0.5, 0.6) is 5.75 Å². The summed E-state index contributed by atoms with van der Waals surface area (Å²) in [4.78, 5) is 13.0. The van der Waals surface area contributed by atoms with Crippen LogP contribution in [0.2, 0.25) is 0 Å². The van der Waals surface area contributed by atoms with E-state index in [-0.39, 0.29) is 0 Å². The van der Waals surface area contributed by atoms with Crippen LogP contribution in [-0.4, -0.2) is 27.5 Å². The summed E-state index contributed by atoms with van der Waals surface area (Å²) in [5.41, 5.74) is 4.02. The van der Waals surface area contributed by atoms with Gasteiger partial charge in [-0.2, -0.15) is 0 Å². The van der Waals surface area contributed by atoms with Gasteiger partial charge in [0.25, 0.3) is 0 Å². The zero-order valence-corrected chi connectivity index (χ0v) is 12.5. The van der Waals surface area contributed by atoms with Crippen LogP contribution in [0, 0.1) is 0 Å². The minimum Gasteiger partial charge on any atom is -0.497 e. The Morgan fingerprint density at radius 3 is 1.90 bits per heavy atom. The van der Waals surface area contributed by atoms with Gasteiger partial charge >= 0.3 is 0 Å². The number of hydrogen-bond donors (Lipinski definition) is 0. The summed E-state index contributed by atoms with van der Waals surface area (Å²) in [7, 11) is 5.64. The predicted octanol–water partition coefficient (Wildman–Crippen LogP) is 3.39. The average Bonchev–Trinajstić information content (AvgIpc) is 2.53.